The summed E-state index contributed by atoms with van der Waals surface area (Å²) in [6, 6.07) is 3.76. The van der Waals surface area contributed by atoms with Crippen molar-refractivity contribution in [3.63, 3.8) is 0 Å². The van der Waals surface area contributed by atoms with Gasteiger partial charge in [-0.25, -0.2) is 12.8 Å². The SMILES string of the molecule is O=S(=O)(c1cc(F)ccc1Cl)N1CC(NC2CCOC2)C1. The average molecular weight is 335 g/mol. The van der Waals surface area contributed by atoms with Crippen LogP contribution < -0.4 is 5.32 Å². The van der Waals surface area contributed by atoms with Crippen molar-refractivity contribution in [2.75, 3.05) is 26.3 Å². The second-order valence-corrected chi connectivity index (χ2v) is 7.63. The van der Waals surface area contributed by atoms with E-state index in [-0.39, 0.29) is 22.0 Å². The Labute approximate surface area is 128 Å². The lowest BCUT2D eigenvalue weighted by Gasteiger charge is -2.39. The molecule has 1 atom stereocenters. The molecule has 21 heavy (non-hydrogen) atoms. The smallest absolute Gasteiger partial charge is 0.244 e. The molecule has 0 spiro atoms. The molecule has 0 amide bonds. The van der Waals surface area contributed by atoms with Gasteiger partial charge in [-0.1, -0.05) is 11.6 Å². The Balaban J connectivity index is 1.66. The highest BCUT2D eigenvalue weighted by molar-refractivity contribution is 7.89. The Hall–Kier alpha value is -0.730. The third-order valence-electron chi connectivity index (χ3n) is 3.76. The molecule has 2 fully saturated rings. The molecule has 0 bridgehead atoms. The van der Waals surface area contributed by atoms with Gasteiger partial charge >= 0.3 is 0 Å². The topological polar surface area (TPSA) is 58.6 Å². The van der Waals surface area contributed by atoms with Crippen molar-refractivity contribution in [2.45, 2.75) is 23.4 Å². The summed E-state index contributed by atoms with van der Waals surface area (Å²) in [5.74, 6) is -0.615. The van der Waals surface area contributed by atoms with Crippen LogP contribution in [0.3, 0.4) is 0 Å². The lowest BCUT2D eigenvalue weighted by molar-refractivity contribution is 0.172. The maximum atomic E-state index is 13.2. The molecule has 0 saturated carbocycles. The van der Waals surface area contributed by atoms with Crippen LogP contribution in [0.25, 0.3) is 0 Å². The van der Waals surface area contributed by atoms with Gasteiger partial charge < -0.3 is 10.1 Å². The molecule has 2 saturated heterocycles. The number of hydrogen-bond acceptors (Lipinski definition) is 4. The van der Waals surface area contributed by atoms with Gasteiger partial charge in [0.2, 0.25) is 10.0 Å². The van der Waals surface area contributed by atoms with Crippen LogP contribution in [0.4, 0.5) is 4.39 Å². The van der Waals surface area contributed by atoms with Crippen molar-refractivity contribution in [1.82, 2.24) is 9.62 Å². The zero-order chi connectivity index (χ0) is 15.0. The fraction of sp³-hybridized carbons (Fsp3) is 0.538. The van der Waals surface area contributed by atoms with Crippen LogP contribution in [0.2, 0.25) is 5.02 Å². The highest BCUT2D eigenvalue weighted by atomic mass is 35.5. The predicted molar refractivity (Wildman–Crippen MR) is 76.3 cm³/mol. The highest BCUT2D eigenvalue weighted by Crippen LogP contribution is 2.28. The second kappa shape index (κ2) is 5.81. The molecule has 0 aromatic heterocycles. The minimum atomic E-state index is -3.73. The lowest BCUT2D eigenvalue weighted by Crippen LogP contribution is -2.61. The van der Waals surface area contributed by atoms with Gasteiger partial charge in [0.1, 0.15) is 10.7 Å². The number of hydrogen-bond donors (Lipinski definition) is 1. The lowest BCUT2D eigenvalue weighted by atomic mass is 10.1. The van der Waals surface area contributed by atoms with Crippen molar-refractivity contribution in [3.8, 4) is 0 Å². The van der Waals surface area contributed by atoms with E-state index in [2.05, 4.69) is 5.32 Å². The van der Waals surface area contributed by atoms with Crippen molar-refractivity contribution in [1.29, 1.82) is 0 Å². The first-order valence-electron chi connectivity index (χ1n) is 6.76. The van der Waals surface area contributed by atoms with Crippen molar-refractivity contribution in [3.05, 3.63) is 29.0 Å². The van der Waals surface area contributed by atoms with E-state index in [0.29, 0.717) is 19.7 Å². The molecule has 0 aliphatic carbocycles. The summed E-state index contributed by atoms with van der Waals surface area (Å²) >= 11 is 5.88. The van der Waals surface area contributed by atoms with E-state index in [4.69, 9.17) is 16.3 Å². The molecule has 1 N–H and O–H groups in total. The van der Waals surface area contributed by atoms with E-state index in [9.17, 15) is 12.8 Å². The number of benzene rings is 1. The van der Waals surface area contributed by atoms with Crippen LogP contribution in [0.15, 0.2) is 23.1 Å². The Kier molecular flexibility index (Phi) is 4.20. The summed E-state index contributed by atoms with van der Waals surface area (Å²) in [6.45, 7) is 2.14. The van der Waals surface area contributed by atoms with Crippen LogP contribution in [-0.4, -0.2) is 51.1 Å². The number of ether oxygens (including phenoxy) is 1. The molecule has 5 nitrogen and oxygen atoms in total. The van der Waals surface area contributed by atoms with Crippen LogP contribution in [-0.2, 0) is 14.8 Å². The first-order valence-corrected chi connectivity index (χ1v) is 8.57. The normalized spacial score (nSPS) is 24.2. The molecular weight excluding hydrogens is 319 g/mol. The van der Waals surface area contributed by atoms with Gasteiger partial charge in [-0.05, 0) is 24.6 Å². The molecule has 2 aliphatic rings. The van der Waals surface area contributed by atoms with E-state index in [1.807, 2.05) is 0 Å². The first kappa shape index (κ1) is 15.2. The Morgan fingerprint density at radius 3 is 2.76 bits per heavy atom. The fourth-order valence-corrected chi connectivity index (χ4v) is 4.57. The van der Waals surface area contributed by atoms with E-state index >= 15 is 0 Å². The van der Waals surface area contributed by atoms with Gasteiger partial charge in [0, 0.05) is 31.8 Å². The van der Waals surface area contributed by atoms with Gasteiger partial charge in [-0.15, -0.1) is 0 Å². The Morgan fingerprint density at radius 1 is 1.33 bits per heavy atom. The summed E-state index contributed by atoms with van der Waals surface area (Å²) in [6.07, 6.45) is 0.943. The van der Waals surface area contributed by atoms with E-state index < -0.39 is 15.8 Å². The predicted octanol–water partition coefficient (Wildman–Crippen LogP) is 1.23. The summed E-state index contributed by atoms with van der Waals surface area (Å²) in [5, 5.41) is 3.40. The molecular formula is C13H16ClFN2O3S. The molecule has 3 rings (SSSR count). The zero-order valence-electron chi connectivity index (χ0n) is 11.3. The van der Waals surface area contributed by atoms with Crippen LogP contribution in [0, 0.1) is 5.82 Å². The summed E-state index contributed by atoms with van der Waals surface area (Å²) in [7, 11) is -3.73. The maximum Gasteiger partial charge on any atom is 0.244 e. The van der Waals surface area contributed by atoms with Crippen molar-refractivity contribution >= 4 is 21.6 Å². The summed E-state index contributed by atoms with van der Waals surface area (Å²) < 4.78 is 44.6. The number of halogens is 2. The van der Waals surface area contributed by atoms with Gasteiger partial charge in [-0.2, -0.15) is 4.31 Å². The van der Waals surface area contributed by atoms with Gasteiger partial charge in [0.05, 0.1) is 11.6 Å². The quantitative estimate of drug-likeness (QED) is 0.900. The van der Waals surface area contributed by atoms with Gasteiger partial charge in [0.25, 0.3) is 0 Å². The number of nitrogens with zero attached hydrogens (tertiary/aromatic N) is 1. The van der Waals surface area contributed by atoms with Crippen LogP contribution >= 0.6 is 11.6 Å². The van der Waals surface area contributed by atoms with E-state index in [0.717, 1.165) is 25.2 Å². The zero-order valence-corrected chi connectivity index (χ0v) is 12.8. The monoisotopic (exact) mass is 334 g/mol. The van der Waals surface area contributed by atoms with Crippen LogP contribution in [0.1, 0.15) is 6.42 Å². The number of rotatable bonds is 4. The Morgan fingerprint density at radius 2 is 2.10 bits per heavy atom. The van der Waals surface area contributed by atoms with Gasteiger partial charge in [-0.3, -0.25) is 0 Å². The average Bonchev–Trinajstić information content (AvgIpc) is 2.88. The standard InChI is InChI=1S/C13H16ClFN2O3S/c14-12-2-1-9(15)5-13(12)21(18,19)17-6-11(7-17)16-10-3-4-20-8-10/h1-2,5,10-11,16H,3-4,6-8H2. The molecule has 0 radical (unpaired) electrons. The molecule has 2 aliphatic heterocycles. The van der Waals surface area contributed by atoms with E-state index in [1.54, 1.807) is 0 Å². The minimum Gasteiger partial charge on any atom is -0.380 e. The first-order chi connectivity index (χ1) is 9.96. The Bertz CT molecular complexity index is 628. The van der Waals surface area contributed by atoms with Crippen molar-refractivity contribution < 1.29 is 17.5 Å². The summed E-state index contributed by atoms with van der Waals surface area (Å²) in [5.41, 5.74) is 0. The van der Waals surface area contributed by atoms with Crippen molar-refractivity contribution in [2.24, 2.45) is 0 Å². The summed E-state index contributed by atoms with van der Waals surface area (Å²) in [4.78, 5) is -0.174. The third kappa shape index (κ3) is 3.07. The number of sulfonamides is 1. The molecule has 1 aromatic rings. The molecule has 1 unspecified atom stereocenters. The largest absolute Gasteiger partial charge is 0.380 e. The molecule has 2 heterocycles. The minimum absolute atomic E-state index is 0.0389. The fourth-order valence-electron chi connectivity index (χ4n) is 2.55. The molecule has 1 aromatic carbocycles. The molecule has 116 valence electrons. The maximum absolute atomic E-state index is 13.2. The second-order valence-electron chi connectivity index (χ2n) is 5.32. The highest BCUT2D eigenvalue weighted by Gasteiger charge is 2.38. The van der Waals surface area contributed by atoms with E-state index in [1.165, 1.54) is 10.4 Å². The van der Waals surface area contributed by atoms with Gasteiger partial charge in [0.15, 0.2) is 0 Å². The van der Waals surface area contributed by atoms with Crippen LogP contribution in [0.5, 0.6) is 0 Å². The number of nitrogens with one attached hydrogen (secondary N) is 1. The third-order valence-corrected chi connectivity index (χ3v) is 6.07. The molecule has 8 heteroatoms.